The van der Waals surface area contributed by atoms with Crippen molar-refractivity contribution in [3.8, 4) is 0 Å². The lowest BCUT2D eigenvalue weighted by Gasteiger charge is -2.34. The fraction of sp³-hybridized carbons (Fsp3) is 0.381. The second kappa shape index (κ2) is 8.75. The van der Waals surface area contributed by atoms with E-state index >= 15 is 0 Å². The largest absolute Gasteiger partial charge is 0.339 e. The molecule has 0 aliphatic carbocycles. The van der Waals surface area contributed by atoms with E-state index < -0.39 is 0 Å². The van der Waals surface area contributed by atoms with Crippen molar-refractivity contribution in [2.45, 2.75) is 25.2 Å². The number of rotatable bonds is 6. The Hall–Kier alpha value is -2.38. The molecule has 7 heteroatoms. The quantitative estimate of drug-likeness (QED) is 0.601. The van der Waals surface area contributed by atoms with Crippen LogP contribution in [0.15, 0.2) is 53.8 Å². The van der Waals surface area contributed by atoms with E-state index in [2.05, 4.69) is 27.4 Å². The van der Waals surface area contributed by atoms with Crippen LogP contribution in [0.4, 0.5) is 0 Å². The second-order valence-corrected chi connectivity index (χ2v) is 7.84. The number of aryl methyl sites for hydroxylation is 1. The van der Waals surface area contributed by atoms with Crippen molar-refractivity contribution in [2.75, 3.05) is 31.9 Å². The van der Waals surface area contributed by atoms with Gasteiger partial charge in [-0.05, 0) is 31.2 Å². The molecule has 0 bridgehead atoms. The minimum absolute atomic E-state index is 0.192. The first-order valence-corrected chi connectivity index (χ1v) is 10.7. The summed E-state index contributed by atoms with van der Waals surface area (Å²) in [6.45, 7) is 7.13. The number of benzene rings is 1. The van der Waals surface area contributed by atoms with E-state index in [0.717, 1.165) is 61.2 Å². The molecule has 1 aliphatic heterocycles. The van der Waals surface area contributed by atoms with Crippen molar-refractivity contribution >= 4 is 28.7 Å². The van der Waals surface area contributed by atoms with E-state index in [9.17, 15) is 4.79 Å². The highest BCUT2D eigenvalue weighted by atomic mass is 32.2. The monoisotopic (exact) mass is 395 g/mol. The van der Waals surface area contributed by atoms with Crippen molar-refractivity contribution in [1.29, 1.82) is 0 Å². The molecule has 4 rings (SSSR count). The van der Waals surface area contributed by atoms with Crippen LogP contribution in [0, 0.1) is 0 Å². The molecule has 6 nitrogen and oxygen atoms in total. The molecule has 3 aromatic rings. The Bertz CT molecular complexity index is 934. The maximum Gasteiger partial charge on any atom is 0.233 e. The van der Waals surface area contributed by atoms with Gasteiger partial charge in [-0.2, -0.15) is 0 Å². The zero-order chi connectivity index (χ0) is 19.3. The first-order chi connectivity index (χ1) is 13.7. The van der Waals surface area contributed by atoms with Gasteiger partial charge in [-0.15, -0.1) is 0 Å². The summed E-state index contributed by atoms with van der Waals surface area (Å²) < 4.78 is 2.18. The molecule has 1 aromatic carbocycles. The van der Waals surface area contributed by atoms with Gasteiger partial charge in [-0.3, -0.25) is 14.7 Å². The molecular formula is C21H25N5OS. The van der Waals surface area contributed by atoms with E-state index in [-0.39, 0.29) is 5.91 Å². The van der Waals surface area contributed by atoms with Crippen LogP contribution in [0.2, 0.25) is 0 Å². The first-order valence-electron chi connectivity index (χ1n) is 9.72. The van der Waals surface area contributed by atoms with Gasteiger partial charge >= 0.3 is 0 Å². The van der Waals surface area contributed by atoms with Gasteiger partial charge in [-0.1, -0.05) is 30.0 Å². The van der Waals surface area contributed by atoms with E-state index in [1.54, 1.807) is 0 Å². The average molecular weight is 396 g/mol. The van der Waals surface area contributed by atoms with Crippen molar-refractivity contribution in [1.82, 2.24) is 24.3 Å². The summed E-state index contributed by atoms with van der Waals surface area (Å²) in [5.41, 5.74) is 3.20. The lowest BCUT2D eigenvalue weighted by molar-refractivity contribution is -0.130. The number of pyridine rings is 1. The van der Waals surface area contributed by atoms with Crippen LogP contribution in [0.1, 0.15) is 12.6 Å². The predicted octanol–water partition coefficient (Wildman–Crippen LogP) is 2.89. The van der Waals surface area contributed by atoms with Gasteiger partial charge in [0, 0.05) is 45.5 Å². The van der Waals surface area contributed by atoms with Crippen molar-refractivity contribution in [2.24, 2.45) is 0 Å². The summed E-state index contributed by atoms with van der Waals surface area (Å²) in [4.78, 5) is 26.1. The zero-order valence-electron chi connectivity index (χ0n) is 16.1. The molecule has 146 valence electrons. The van der Waals surface area contributed by atoms with Crippen LogP contribution in [-0.2, 0) is 17.9 Å². The van der Waals surface area contributed by atoms with E-state index in [0.29, 0.717) is 5.75 Å². The van der Waals surface area contributed by atoms with Crippen molar-refractivity contribution < 1.29 is 4.79 Å². The number of piperazine rings is 1. The van der Waals surface area contributed by atoms with Gasteiger partial charge < -0.3 is 9.47 Å². The molecule has 0 spiro atoms. The molecular weight excluding hydrogens is 370 g/mol. The minimum Gasteiger partial charge on any atom is -0.339 e. The Balaban J connectivity index is 1.30. The number of carbonyl (C=O) groups excluding carboxylic acids is 1. The first kappa shape index (κ1) is 19.0. The molecule has 3 heterocycles. The normalized spacial score (nSPS) is 15.2. The van der Waals surface area contributed by atoms with Gasteiger partial charge in [0.05, 0.1) is 22.5 Å². The van der Waals surface area contributed by atoms with Gasteiger partial charge in [0.25, 0.3) is 0 Å². The third-order valence-electron chi connectivity index (χ3n) is 5.10. The number of thioether (sulfide) groups is 1. The summed E-state index contributed by atoms with van der Waals surface area (Å²) >= 11 is 1.54. The molecule has 1 fully saturated rings. The van der Waals surface area contributed by atoms with Crippen LogP contribution >= 0.6 is 11.8 Å². The second-order valence-electron chi connectivity index (χ2n) is 6.89. The molecule has 1 amide bonds. The standard InChI is InChI=1S/C21H25N5OS/c1-2-26-19-9-4-3-8-18(19)23-21(26)28-16-20(27)25-13-11-24(12-14-25)15-17-7-5-6-10-22-17/h3-10H,2,11-16H2,1H3. The van der Waals surface area contributed by atoms with Gasteiger partial charge in [-0.25, -0.2) is 4.98 Å². The maximum atomic E-state index is 12.7. The lowest BCUT2D eigenvalue weighted by Crippen LogP contribution is -2.48. The maximum absolute atomic E-state index is 12.7. The minimum atomic E-state index is 0.192. The molecule has 0 N–H and O–H groups in total. The Morgan fingerprint density at radius 3 is 2.61 bits per heavy atom. The van der Waals surface area contributed by atoms with E-state index in [1.807, 2.05) is 47.5 Å². The number of hydrogen-bond donors (Lipinski definition) is 0. The average Bonchev–Trinajstić information content (AvgIpc) is 3.11. The van der Waals surface area contributed by atoms with Crippen LogP contribution in [0.5, 0.6) is 0 Å². The Morgan fingerprint density at radius 2 is 1.86 bits per heavy atom. The molecule has 2 aromatic heterocycles. The highest BCUT2D eigenvalue weighted by Crippen LogP contribution is 2.24. The highest BCUT2D eigenvalue weighted by Gasteiger charge is 2.22. The van der Waals surface area contributed by atoms with Crippen LogP contribution in [0.3, 0.4) is 0 Å². The highest BCUT2D eigenvalue weighted by molar-refractivity contribution is 7.99. The van der Waals surface area contributed by atoms with E-state index in [4.69, 9.17) is 4.98 Å². The fourth-order valence-electron chi connectivity index (χ4n) is 3.56. The van der Waals surface area contributed by atoms with Crippen LogP contribution in [-0.4, -0.2) is 62.2 Å². The molecule has 0 radical (unpaired) electrons. The number of amides is 1. The zero-order valence-corrected chi connectivity index (χ0v) is 16.9. The van der Waals surface area contributed by atoms with Crippen molar-refractivity contribution in [3.05, 3.63) is 54.4 Å². The Labute approximate surface area is 169 Å². The summed E-state index contributed by atoms with van der Waals surface area (Å²) in [5, 5.41) is 0.922. The molecule has 1 aliphatic rings. The summed E-state index contributed by atoms with van der Waals surface area (Å²) in [6.07, 6.45) is 1.83. The fourth-order valence-corrected chi connectivity index (χ4v) is 4.54. The lowest BCUT2D eigenvalue weighted by atomic mass is 10.2. The molecule has 0 saturated carbocycles. The number of aromatic nitrogens is 3. The van der Waals surface area contributed by atoms with Crippen LogP contribution < -0.4 is 0 Å². The van der Waals surface area contributed by atoms with E-state index in [1.165, 1.54) is 11.8 Å². The third-order valence-corrected chi connectivity index (χ3v) is 6.06. The molecule has 0 unspecified atom stereocenters. The Morgan fingerprint density at radius 1 is 1.07 bits per heavy atom. The summed E-state index contributed by atoms with van der Waals surface area (Å²) in [7, 11) is 0. The number of nitrogens with zero attached hydrogens (tertiary/aromatic N) is 5. The molecule has 0 atom stereocenters. The molecule has 1 saturated heterocycles. The number of imidazole rings is 1. The SMILES string of the molecule is CCn1c(SCC(=O)N2CCN(Cc3ccccn3)CC2)nc2ccccc21. The summed E-state index contributed by atoms with van der Waals surface area (Å²) in [5.74, 6) is 0.626. The number of para-hydroxylation sites is 2. The van der Waals surface area contributed by atoms with Crippen LogP contribution in [0.25, 0.3) is 11.0 Å². The topological polar surface area (TPSA) is 54.3 Å². The van der Waals surface area contributed by atoms with Crippen molar-refractivity contribution in [3.63, 3.8) is 0 Å². The summed E-state index contributed by atoms with van der Waals surface area (Å²) in [6, 6.07) is 14.1. The predicted molar refractivity (Wildman–Crippen MR) is 112 cm³/mol. The van der Waals surface area contributed by atoms with Gasteiger partial charge in [0.1, 0.15) is 0 Å². The Kier molecular flexibility index (Phi) is 5.92. The third kappa shape index (κ3) is 4.20. The number of carbonyl (C=O) groups is 1. The van der Waals surface area contributed by atoms with Gasteiger partial charge in [0.15, 0.2) is 5.16 Å². The van der Waals surface area contributed by atoms with Gasteiger partial charge in [0.2, 0.25) is 5.91 Å². The smallest absolute Gasteiger partial charge is 0.233 e. The number of fused-ring (bicyclic) bond motifs is 1. The molecule has 28 heavy (non-hydrogen) atoms. The number of hydrogen-bond acceptors (Lipinski definition) is 5.